The van der Waals surface area contributed by atoms with Gasteiger partial charge in [0.15, 0.2) is 0 Å². The summed E-state index contributed by atoms with van der Waals surface area (Å²) >= 11 is 0. The molecule has 0 aromatic rings. The quantitative estimate of drug-likeness (QED) is 0.655. The standard InChI is InChI=1S/C15H27N3O3/c1-14(2)9-11(16)10-15(3,4)18(14)13(20)12(19)17-5-7-21-8-6-17/h11H,5-10,16H2,1-4H3. The molecule has 0 aromatic carbocycles. The van der Waals surface area contributed by atoms with Crippen LogP contribution in [-0.4, -0.2) is 65.0 Å². The first-order valence-corrected chi connectivity index (χ1v) is 7.62. The van der Waals surface area contributed by atoms with E-state index in [1.165, 1.54) is 0 Å². The summed E-state index contributed by atoms with van der Waals surface area (Å²) in [6, 6.07) is 0.0533. The van der Waals surface area contributed by atoms with Gasteiger partial charge in [0.1, 0.15) is 0 Å². The maximum absolute atomic E-state index is 12.8. The van der Waals surface area contributed by atoms with E-state index in [-0.39, 0.29) is 6.04 Å². The lowest BCUT2D eigenvalue weighted by atomic mass is 9.77. The molecule has 6 heteroatoms. The van der Waals surface area contributed by atoms with Gasteiger partial charge in [-0.2, -0.15) is 0 Å². The summed E-state index contributed by atoms with van der Waals surface area (Å²) in [5.41, 5.74) is 5.28. The highest BCUT2D eigenvalue weighted by atomic mass is 16.5. The zero-order chi connectivity index (χ0) is 15.8. The van der Waals surface area contributed by atoms with E-state index in [1.54, 1.807) is 9.80 Å². The summed E-state index contributed by atoms with van der Waals surface area (Å²) in [6.07, 6.45) is 1.41. The van der Waals surface area contributed by atoms with Crippen LogP contribution in [0, 0.1) is 0 Å². The Hall–Kier alpha value is -1.14. The van der Waals surface area contributed by atoms with Crippen LogP contribution < -0.4 is 5.73 Å². The predicted octanol–water partition coefficient (Wildman–Crippen LogP) is 0.352. The van der Waals surface area contributed by atoms with Crippen LogP contribution in [0.1, 0.15) is 40.5 Å². The first-order valence-electron chi connectivity index (χ1n) is 7.62. The number of morpholine rings is 1. The van der Waals surface area contributed by atoms with Crippen LogP contribution in [0.2, 0.25) is 0 Å². The minimum Gasteiger partial charge on any atom is -0.378 e. The van der Waals surface area contributed by atoms with E-state index in [1.807, 2.05) is 27.7 Å². The molecule has 6 nitrogen and oxygen atoms in total. The third-order valence-corrected chi connectivity index (χ3v) is 4.42. The van der Waals surface area contributed by atoms with E-state index in [2.05, 4.69) is 0 Å². The van der Waals surface area contributed by atoms with Gasteiger partial charge in [0.2, 0.25) is 0 Å². The molecule has 21 heavy (non-hydrogen) atoms. The minimum absolute atomic E-state index is 0.0533. The van der Waals surface area contributed by atoms with Crippen LogP contribution in [0.5, 0.6) is 0 Å². The number of hydrogen-bond donors (Lipinski definition) is 1. The van der Waals surface area contributed by atoms with Gasteiger partial charge in [-0.05, 0) is 40.5 Å². The van der Waals surface area contributed by atoms with E-state index in [0.29, 0.717) is 39.1 Å². The zero-order valence-corrected chi connectivity index (χ0v) is 13.5. The van der Waals surface area contributed by atoms with Crippen molar-refractivity contribution in [3.63, 3.8) is 0 Å². The Balaban J connectivity index is 2.20. The van der Waals surface area contributed by atoms with Gasteiger partial charge in [-0.3, -0.25) is 9.59 Å². The van der Waals surface area contributed by atoms with E-state index in [0.717, 1.165) is 0 Å². The number of nitrogens with two attached hydrogens (primary N) is 1. The van der Waals surface area contributed by atoms with Gasteiger partial charge in [0, 0.05) is 30.2 Å². The normalized spacial score (nSPS) is 25.8. The van der Waals surface area contributed by atoms with Crippen LogP contribution in [0.3, 0.4) is 0 Å². The Labute approximate surface area is 126 Å². The second-order valence-electron chi connectivity index (χ2n) is 7.34. The molecular formula is C15H27N3O3. The fraction of sp³-hybridized carbons (Fsp3) is 0.867. The minimum atomic E-state index is -0.421. The maximum atomic E-state index is 12.8. The monoisotopic (exact) mass is 297 g/mol. The molecule has 0 unspecified atom stereocenters. The molecule has 0 radical (unpaired) electrons. The highest BCUT2D eigenvalue weighted by Gasteiger charge is 2.49. The second-order valence-corrected chi connectivity index (χ2v) is 7.34. The number of hydrogen-bond acceptors (Lipinski definition) is 4. The fourth-order valence-electron chi connectivity index (χ4n) is 3.90. The summed E-state index contributed by atoms with van der Waals surface area (Å²) in [6.45, 7) is 9.90. The predicted molar refractivity (Wildman–Crippen MR) is 79.6 cm³/mol. The average molecular weight is 297 g/mol. The van der Waals surface area contributed by atoms with Crippen LogP contribution in [-0.2, 0) is 14.3 Å². The Bertz CT molecular complexity index is 410. The number of amides is 2. The molecule has 0 aliphatic carbocycles. The highest BCUT2D eigenvalue weighted by molar-refractivity contribution is 6.35. The molecule has 0 aromatic heterocycles. The Morgan fingerprint density at radius 2 is 1.48 bits per heavy atom. The van der Waals surface area contributed by atoms with Crippen LogP contribution in [0.15, 0.2) is 0 Å². The largest absolute Gasteiger partial charge is 0.378 e. The number of carbonyl (C=O) groups excluding carboxylic acids is 2. The SMILES string of the molecule is CC1(C)CC(N)CC(C)(C)N1C(=O)C(=O)N1CCOCC1. The van der Waals surface area contributed by atoms with Gasteiger partial charge in [-0.1, -0.05) is 0 Å². The molecule has 0 atom stereocenters. The van der Waals surface area contributed by atoms with Crippen LogP contribution in [0.25, 0.3) is 0 Å². The fourth-order valence-corrected chi connectivity index (χ4v) is 3.90. The third kappa shape index (κ3) is 3.21. The molecule has 2 fully saturated rings. The molecule has 0 spiro atoms. The van der Waals surface area contributed by atoms with Gasteiger partial charge < -0.3 is 20.3 Å². The van der Waals surface area contributed by atoms with Crippen LogP contribution >= 0.6 is 0 Å². The van der Waals surface area contributed by atoms with E-state index in [9.17, 15) is 9.59 Å². The average Bonchev–Trinajstić information content (AvgIpc) is 2.35. The van der Waals surface area contributed by atoms with Gasteiger partial charge in [-0.25, -0.2) is 0 Å². The molecule has 0 saturated carbocycles. The molecule has 2 saturated heterocycles. The molecule has 2 heterocycles. The van der Waals surface area contributed by atoms with Gasteiger partial charge in [-0.15, -0.1) is 0 Å². The van der Waals surface area contributed by atoms with Crippen molar-refractivity contribution in [2.45, 2.75) is 57.7 Å². The van der Waals surface area contributed by atoms with Crippen molar-refractivity contribution in [2.75, 3.05) is 26.3 Å². The smallest absolute Gasteiger partial charge is 0.312 e. The molecule has 120 valence electrons. The summed E-state index contributed by atoms with van der Waals surface area (Å²) in [7, 11) is 0. The summed E-state index contributed by atoms with van der Waals surface area (Å²) in [5, 5.41) is 0. The topological polar surface area (TPSA) is 75.9 Å². The number of nitrogens with zero attached hydrogens (tertiary/aromatic N) is 2. The van der Waals surface area contributed by atoms with E-state index in [4.69, 9.17) is 10.5 Å². The van der Waals surface area contributed by atoms with E-state index >= 15 is 0 Å². The van der Waals surface area contributed by atoms with Gasteiger partial charge >= 0.3 is 11.8 Å². The Morgan fingerprint density at radius 1 is 1.00 bits per heavy atom. The summed E-state index contributed by atoms with van der Waals surface area (Å²) < 4.78 is 5.24. The van der Waals surface area contributed by atoms with E-state index < -0.39 is 22.9 Å². The van der Waals surface area contributed by atoms with Gasteiger partial charge in [0.25, 0.3) is 0 Å². The van der Waals surface area contributed by atoms with Crippen molar-refractivity contribution in [1.82, 2.24) is 9.80 Å². The zero-order valence-electron chi connectivity index (χ0n) is 13.5. The Kier molecular flexibility index (Phi) is 4.31. The summed E-state index contributed by atoms with van der Waals surface area (Å²) in [4.78, 5) is 28.6. The van der Waals surface area contributed by atoms with Crippen molar-refractivity contribution in [3.05, 3.63) is 0 Å². The van der Waals surface area contributed by atoms with Gasteiger partial charge in [0.05, 0.1) is 13.2 Å². The van der Waals surface area contributed by atoms with Crippen molar-refractivity contribution >= 4 is 11.8 Å². The highest BCUT2D eigenvalue weighted by Crippen LogP contribution is 2.38. The maximum Gasteiger partial charge on any atom is 0.312 e. The lowest BCUT2D eigenvalue weighted by Crippen LogP contribution is -2.67. The van der Waals surface area contributed by atoms with Crippen molar-refractivity contribution < 1.29 is 14.3 Å². The first-order chi connectivity index (χ1) is 9.65. The molecule has 2 aliphatic heterocycles. The first kappa shape index (κ1) is 16.2. The molecule has 2 aliphatic rings. The Morgan fingerprint density at radius 3 is 1.95 bits per heavy atom. The molecule has 2 N–H and O–H groups in total. The number of rotatable bonds is 0. The molecule has 2 rings (SSSR count). The third-order valence-electron chi connectivity index (χ3n) is 4.42. The van der Waals surface area contributed by atoms with Crippen molar-refractivity contribution in [2.24, 2.45) is 5.73 Å². The summed E-state index contributed by atoms with van der Waals surface area (Å²) in [5.74, 6) is -0.839. The van der Waals surface area contributed by atoms with Crippen LogP contribution in [0.4, 0.5) is 0 Å². The molecular weight excluding hydrogens is 270 g/mol. The number of carbonyl (C=O) groups is 2. The molecule has 2 amide bonds. The lowest BCUT2D eigenvalue weighted by Gasteiger charge is -2.54. The number of piperidine rings is 1. The molecule has 0 bridgehead atoms. The lowest BCUT2D eigenvalue weighted by molar-refractivity contribution is -0.165. The van der Waals surface area contributed by atoms with Crippen molar-refractivity contribution in [1.29, 1.82) is 0 Å². The van der Waals surface area contributed by atoms with Crippen molar-refractivity contribution in [3.8, 4) is 0 Å². The second kappa shape index (κ2) is 5.57. The number of likely N-dealkylation sites (tertiary alicyclic amines) is 1. The number of ether oxygens (including phenoxy) is 1.